The van der Waals surface area contributed by atoms with Crippen molar-refractivity contribution in [2.24, 2.45) is 0 Å². The largest absolute Gasteiger partial charge is 1.00 e. The fourth-order valence-electron chi connectivity index (χ4n) is 3.46. The summed E-state index contributed by atoms with van der Waals surface area (Å²) < 4.78 is 0. The van der Waals surface area contributed by atoms with Gasteiger partial charge in [0.25, 0.3) is 0 Å². The second-order valence-corrected chi connectivity index (χ2v) is 12.6. The molecule has 0 bridgehead atoms. The molecule has 0 saturated heterocycles. The second-order valence-electron chi connectivity index (χ2n) is 7.39. The van der Waals surface area contributed by atoms with E-state index in [0.29, 0.717) is 10.3 Å². The zero-order valence-corrected chi connectivity index (χ0v) is 15.0. The van der Waals surface area contributed by atoms with Gasteiger partial charge in [0.1, 0.15) is 0 Å². The maximum absolute atomic E-state index is 2.46. The highest BCUT2D eigenvalue weighted by Gasteiger charge is 2.60. The highest BCUT2D eigenvalue weighted by atomic mass is 79.9. The van der Waals surface area contributed by atoms with E-state index in [9.17, 15) is 0 Å². The zero-order valence-electron chi connectivity index (χ0n) is 12.5. The molecular formula is C16H26BrP. The molecule has 1 heterocycles. The third kappa shape index (κ3) is 2.41. The van der Waals surface area contributed by atoms with Crippen LogP contribution in [0.1, 0.15) is 52.7 Å². The van der Waals surface area contributed by atoms with Crippen molar-refractivity contribution in [1.29, 1.82) is 0 Å². The fraction of sp³-hybridized carbons (Fsp3) is 0.625. The van der Waals surface area contributed by atoms with Gasteiger partial charge in [0.05, 0.1) is 22.6 Å². The molecule has 0 atom stereocenters. The third-order valence-electron chi connectivity index (χ3n) is 4.57. The SMILES string of the molecule is CC(C)(C)[P+]1(C(C)(C)C)Cc2ccccc2C1.[Br-]. The first-order valence-corrected chi connectivity index (χ1v) is 8.77. The Hall–Kier alpha value is 0.130. The van der Waals surface area contributed by atoms with Crippen molar-refractivity contribution in [3.8, 4) is 0 Å². The maximum Gasteiger partial charge on any atom is 0.0860 e. The van der Waals surface area contributed by atoms with E-state index in [4.69, 9.17) is 0 Å². The number of hydrogen-bond acceptors (Lipinski definition) is 0. The van der Waals surface area contributed by atoms with Crippen LogP contribution in [0, 0.1) is 0 Å². The van der Waals surface area contributed by atoms with E-state index in [2.05, 4.69) is 65.8 Å². The Balaban J connectivity index is 0.00000162. The molecule has 1 aromatic carbocycles. The third-order valence-corrected chi connectivity index (χ3v) is 11.5. The Morgan fingerprint density at radius 2 is 1.11 bits per heavy atom. The summed E-state index contributed by atoms with van der Waals surface area (Å²) in [5.74, 6) is 0. The summed E-state index contributed by atoms with van der Waals surface area (Å²) in [7, 11) is -0.996. The van der Waals surface area contributed by atoms with E-state index in [1.54, 1.807) is 11.1 Å². The van der Waals surface area contributed by atoms with Crippen molar-refractivity contribution in [2.45, 2.75) is 64.2 Å². The predicted molar refractivity (Wildman–Crippen MR) is 80.3 cm³/mol. The van der Waals surface area contributed by atoms with Gasteiger partial charge in [0, 0.05) is 7.26 Å². The van der Waals surface area contributed by atoms with E-state index < -0.39 is 7.26 Å². The van der Waals surface area contributed by atoms with Crippen LogP contribution in [0.3, 0.4) is 0 Å². The van der Waals surface area contributed by atoms with Gasteiger partial charge in [-0.05, 0) is 52.7 Å². The minimum absolute atomic E-state index is 0. The zero-order chi connectivity index (χ0) is 12.9. The Morgan fingerprint density at radius 3 is 1.39 bits per heavy atom. The summed E-state index contributed by atoms with van der Waals surface area (Å²) in [6.07, 6.45) is 2.69. The van der Waals surface area contributed by atoms with Gasteiger partial charge in [-0.2, -0.15) is 0 Å². The average molecular weight is 329 g/mol. The van der Waals surface area contributed by atoms with Crippen LogP contribution in [0.25, 0.3) is 0 Å². The van der Waals surface area contributed by atoms with Gasteiger partial charge in [0.2, 0.25) is 0 Å². The van der Waals surface area contributed by atoms with Crippen molar-refractivity contribution >= 4 is 7.26 Å². The summed E-state index contributed by atoms with van der Waals surface area (Å²) in [6.45, 7) is 14.7. The summed E-state index contributed by atoms with van der Waals surface area (Å²) in [6, 6.07) is 9.08. The predicted octanol–water partition coefficient (Wildman–Crippen LogP) is 2.32. The molecule has 0 saturated carbocycles. The molecule has 0 aromatic heterocycles. The van der Waals surface area contributed by atoms with Crippen molar-refractivity contribution in [1.82, 2.24) is 0 Å². The molecular weight excluding hydrogens is 303 g/mol. The number of hydrogen-bond donors (Lipinski definition) is 0. The van der Waals surface area contributed by atoms with Crippen molar-refractivity contribution in [3.05, 3.63) is 35.4 Å². The van der Waals surface area contributed by atoms with E-state index in [-0.39, 0.29) is 17.0 Å². The highest BCUT2D eigenvalue weighted by Crippen LogP contribution is 2.82. The van der Waals surface area contributed by atoms with Crippen molar-refractivity contribution < 1.29 is 17.0 Å². The summed E-state index contributed by atoms with van der Waals surface area (Å²) in [5.41, 5.74) is 3.23. The number of fused-ring (bicyclic) bond motifs is 1. The Morgan fingerprint density at radius 1 is 0.778 bits per heavy atom. The minimum Gasteiger partial charge on any atom is -1.00 e. The van der Waals surface area contributed by atoms with Gasteiger partial charge in [-0.1, -0.05) is 24.3 Å². The smallest absolute Gasteiger partial charge is 0.0860 e. The molecule has 2 heteroatoms. The summed E-state index contributed by atoms with van der Waals surface area (Å²) in [4.78, 5) is 0. The molecule has 102 valence electrons. The van der Waals surface area contributed by atoms with E-state index in [1.165, 1.54) is 12.3 Å². The lowest BCUT2D eigenvalue weighted by molar-refractivity contribution is -0.00000427. The quantitative estimate of drug-likeness (QED) is 0.641. The van der Waals surface area contributed by atoms with Crippen LogP contribution in [0.15, 0.2) is 24.3 Å². The molecule has 0 unspecified atom stereocenters. The van der Waals surface area contributed by atoms with Crippen LogP contribution < -0.4 is 17.0 Å². The van der Waals surface area contributed by atoms with Crippen LogP contribution in [0.5, 0.6) is 0 Å². The van der Waals surface area contributed by atoms with Crippen LogP contribution in [-0.2, 0) is 12.3 Å². The second kappa shape index (κ2) is 4.91. The molecule has 0 spiro atoms. The average Bonchev–Trinajstić information content (AvgIpc) is 2.55. The Labute approximate surface area is 124 Å². The van der Waals surface area contributed by atoms with Crippen LogP contribution in [0.4, 0.5) is 0 Å². The van der Waals surface area contributed by atoms with Crippen molar-refractivity contribution in [3.63, 3.8) is 0 Å². The minimum atomic E-state index is -0.996. The molecule has 1 aliphatic heterocycles. The lowest BCUT2D eigenvalue weighted by Crippen LogP contribution is -3.00. The molecule has 0 amide bonds. The molecule has 2 rings (SSSR count). The van der Waals surface area contributed by atoms with E-state index in [0.717, 1.165) is 0 Å². The lowest BCUT2D eigenvalue weighted by atomic mass is 10.1. The van der Waals surface area contributed by atoms with E-state index >= 15 is 0 Å². The van der Waals surface area contributed by atoms with Gasteiger partial charge < -0.3 is 17.0 Å². The fourth-order valence-corrected chi connectivity index (χ4v) is 9.26. The normalized spacial score (nSPS) is 18.1. The first kappa shape index (κ1) is 16.2. The first-order chi connectivity index (χ1) is 7.67. The lowest BCUT2D eigenvalue weighted by Gasteiger charge is -2.44. The van der Waals surface area contributed by atoms with Gasteiger partial charge >= 0.3 is 0 Å². The van der Waals surface area contributed by atoms with Gasteiger partial charge in [-0.25, -0.2) is 0 Å². The summed E-state index contributed by atoms with van der Waals surface area (Å²) in [5, 5.41) is 0.897. The van der Waals surface area contributed by atoms with Gasteiger partial charge in [-0.15, -0.1) is 0 Å². The van der Waals surface area contributed by atoms with Crippen LogP contribution in [0.2, 0.25) is 0 Å². The molecule has 0 aliphatic carbocycles. The Kier molecular flexibility index (Phi) is 4.41. The highest BCUT2D eigenvalue weighted by molar-refractivity contribution is 7.77. The molecule has 0 fully saturated rings. The molecule has 0 N–H and O–H groups in total. The number of rotatable bonds is 0. The van der Waals surface area contributed by atoms with Crippen LogP contribution in [-0.4, -0.2) is 10.3 Å². The van der Waals surface area contributed by atoms with Gasteiger partial charge in [0.15, 0.2) is 0 Å². The number of benzene rings is 1. The molecule has 18 heavy (non-hydrogen) atoms. The van der Waals surface area contributed by atoms with E-state index in [1.807, 2.05) is 0 Å². The first-order valence-electron chi connectivity index (χ1n) is 6.61. The number of halogens is 1. The van der Waals surface area contributed by atoms with Crippen molar-refractivity contribution in [2.75, 3.05) is 0 Å². The summed E-state index contributed by atoms with van der Waals surface area (Å²) >= 11 is 0. The topological polar surface area (TPSA) is 0 Å². The maximum atomic E-state index is 2.46. The Bertz CT molecular complexity index is 382. The standard InChI is InChI=1S/C16H26P.BrH/c1-15(2,3)17(16(4,5)6)11-13-9-7-8-10-14(13)12-17;/h7-10H,11-12H2,1-6H3;1H/q+1;/p-1. The monoisotopic (exact) mass is 328 g/mol. The molecule has 1 aromatic rings. The van der Waals surface area contributed by atoms with Gasteiger partial charge in [-0.3, -0.25) is 0 Å². The molecule has 0 nitrogen and oxygen atoms in total. The molecule has 1 aliphatic rings. The van der Waals surface area contributed by atoms with Crippen LogP contribution >= 0.6 is 7.26 Å². The molecule has 0 radical (unpaired) electrons.